The lowest BCUT2D eigenvalue weighted by molar-refractivity contribution is -0.138. The third-order valence-electron chi connectivity index (χ3n) is 4.80. The van der Waals surface area contributed by atoms with E-state index < -0.39 is 29.3 Å². The largest absolute Gasteiger partial charge is 0.444 e. The van der Waals surface area contributed by atoms with Crippen LogP contribution >= 0.6 is 0 Å². The van der Waals surface area contributed by atoms with Crippen molar-refractivity contribution in [1.82, 2.24) is 5.32 Å². The molecule has 1 amide bonds. The maximum atomic E-state index is 12.8. The highest BCUT2D eigenvalue weighted by atomic mass is 16.6. The molecule has 2 aromatic rings. The van der Waals surface area contributed by atoms with E-state index in [1.54, 1.807) is 53.7 Å². The summed E-state index contributed by atoms with van der Waals surface area (Å²) in [5.41, 5.74) is 0.765. The minimum Gasteiger partial charge on any atom is -0.444 e. The van der Waals surface area contributed by atoms with Gasteiger partial charge in [0, 0.05) is 17.0 Å². The van der Waals surface area contributed by atoms with E-state index in [2.05, 4.69) is 12.2 Å². The monoisotopic (exact) mass is 431 g/mol. The van der Waals surface area contributed by atoms with Gasteiger partial charge in [-0.2, -0.15) is 0 Å². The Labute approximate surface area is 183 Å². The van der Waals surface area contributed by atoms with Crippen molar-refractivity contribution in [3.8, 4) is 5.75 Å². The van der Waals surface area contributed by atoms with E-state index in [1.807, 2.05) is 0 Å². The summed E-state index contributed by atoms with van der Waals surface area (Å²) in [5.74, 6) is -0.558. The molecule has 0 aliphatic heterocycles. The van der Waals surface area contributed by atoms with E-state index >= 15 is 0 Å². The molecule has 1 aromatic heterocycles. The number of ether oxygens (including phenoxy) is 2. The molecular weight excluding hydrogens is 398 g/mol. The van der Waals surface area contributed by atoms with Crippen molar-refractivity contribution in [3.05, 3.63) is 39.7 Å². The lowest BCUT2D eigenvalue weighted by atomic mass is 10.0. The minimum atomic E-state index is -0.896. The average molecular weight is 432 g/mol. The van der Waals surface area contributed by atoms with Gasteiger partial charge in [0.15, 0.2) is 0 Å². The number of fused-ring (bicyclic) bond motifs is 1. The van der Waals surface area contributed by atoms with Gasteiger partial charge in [-0.05, 0) is 64.2 Å². The van der Waals surface area contributed by atoms with Crippen molar-refractivity contribution in [2.24, 2.45) is 5.92 Å². The lowest BCUT2D eigenvalue weighted by Crippen LogP contribution is -2.48. The summed E-state index contributed by atoms with van der Waals surface area (Å²) in [4.78, 5) is 37.0. The number of hydrogen-bond donors (Lipinski definition) is 1. The molecule has 170 valence electrons. The lowest BCUT2D eigenvalue weighted by Gasteiger charge is -2.24. The summed E-state index contributed by atoms with van der Waals surface area (Å²) in [6, 6.07) is 4.11. The third kappa shape index (κ3) is 6.57. The van der Waals surface area contributed by atoms with Gasteiger partial charge in [-0.25, -0.2) is 14.4 Å². The third-order valence-corrected chi connectivity index (χ3v) is 4.80. The van der Waals surface area contributed by atoms with E-state index in [0.717, 1.165) is 30.2 Å². The van der Waals surface area contributed by atoms with Crippen LogP contribution in [0.1, 0.15) is 65.5 Å². The number of esters is 1. The number of nitrogens with one attached hydrogen (secondary N) is 1. The number of unbranched alkanes of at least 4 members (excludes halogenated alkanes) is 1. The van der Waals surface area contributed by atoms with E-state index in [-0.39, 0.29) is 11.7 Å². The zero-order chi connectivity index (χ0) is 23.3. The first kappa shape index (κ1) is 24.4. The fourth-order valence-corrected chi connectivity index (χ4v) is 3.20. The fourth-order valence-electron chi connectivity index (χ4n) is 3.20. The van der Waals surface area contributed by atoms with Crippen molar-refractivity contribution in [3.63, 3.8) is 0 Å². The molecule has 2 rings (SSSR count). The highest BCUT2D eigenvalue weighted by Crippen LogP contribution is 2.29. The Morgan fingerprint density at radius 3 is 2.45 bits per heavy atom. The van der Waals surface area contributed by atoms with Crippen LogP contribution in [0.25, 0.3) is 11.0 Å². The van der Waals surface area contributed by atoms with Crippen LogP contribution in [0.3, 0.4) is 0 Å². The molecular formula is C24H33NO6. The van der Waals surface area contributed by atoms with Crippen LogP contribution in [0, 0.1) is 12.8 Å². The molecule has 0 radical (unpaired) electrons. The van der Waals surface area contributed by atoms with Gasteiger partial charge in [-0.1, -0.05) is 27.2 Å². The number of benzene rings is 1. The molecule has 0 fully saturated rings. The molecule has 0 aliphatic rings. The molecule has 0 bridgehead atoms. The quantitative estimate of drug-likeness (QED) is 0.381. The zero-order valence-electron chi connectivity index (χ0n) is 19.5. The number of carbonyl (C=O) groups excluding carboxylic acids is 2. The number of rotatable bonds is 7. The maximum Gasteiger partial charge on any atom is 0.408 e. The summed E-state index contributed by atoms with van der Waals surface area (Å²) in [7, 11) is 0. The predicted molar refractivity (Wildman–Crippen MR) is 119 cm³/mol. The highest BCUT2D eigenvalue weighted by molar-refractivity contribution is 5.88. The van der Waals surface area contributed by atoms with Gasteiger partial charge >= 0.3 is 17.7 Å². The van der Waals surface area contributed by atoms with Crippen molar-refractivity contribution < 1.29 is 23.5 Å². The van der Waals surface area contributed by atoms with E-state index in [0.29, 0.717) is 11.1 Å². The zero-order valence-corrected chi connectivity index (χ0v) is 19.5. The van der Waals surface area contributed by atoms with E-state index in [1.165, 1.54) is 6.07 Å². The Morgan fingerprint density at radius 2 is 1.87 bits per heavy atom. The first-order valence-electron chi connectivity index (χ1n) is 10.7. The van der Waals surface area contributed by atoms with Gasteiger partial charge in [-0.15, -0.1) is 0 Å². The van der Waals surface area contributed by atoms with E-state index in [4.69, 9.17) is 13.9 Å². The molecule has 1 atom stereocenters. The van der Waals surface area contributed by atoms with Crippen molar-refractivity contribution in [1.29, 1.82) is 0 Å². The number of alkyl carbamates (subject to hydrolysis) is 1. The second-order valence-electron chi connectivity index (χ2n) is 9.05. The van der Waals surface area contributed by atoms with Gasteiger partial charge in [0.1, 0.15) is 23.0 Å². The smallest absolute Gasteiger partial charge is 0.408 e. The van der Waals surface area contributed by atoms with Gasteiger partial charge in [0.05, 0.1) is 0 Å². The van der Waals surface area contributed by atoms with Crippen LogP contribution in [0.4, 0.5) is 4.79 Å². The Bertz CT molecular complexity index is 1000. The molecule has 7 heteroatoms. The Morgan fingerprint density at radius 1 is 1.19 bits per heavy atom. The first-order valence-corrected chi connectivity index (χ1v) is 10.7. The minimum absolute atomic E-state index is 0.223. The molecule has 1 aromatic carbocycles. The highest BCUT2D eigenvalue weighted by Gasteiger charge is 2.29. The Balaban J connectivity index is 2.30. The molecule has 0 unspecified atom stereocenters. The number of hydrogen-bond acceptors (Lipinski definition) is 6. The van der Waals surface area contributed by atoms with Crippen molar-refractivity contribution >= 4 is 23.0 Å². The second-order valence-corrected chi connectivity index (χ2v) is 9.05. The molecule has 1 N–H and O–H groups in total. The fraction of sp³-hybridized carbons (Fsp3) is 0.542. The van der Waals surface area contributed by atoms with Crippen LogP contribution in [-0.2, 0) is 16.0 Å². The molecule has 0 spiro atoms. The van der Waals surface area contributed by atoms with E-state index in [9.17, 15) is 14.4 Å². The van der Waals surface area contributed by atoms with Crippen molar-refractivity contribution in [2.45, 2.75) is 79.4 Å². The van der Waals surface area contributed by atoms with Crippen LogP contribution in [0.15, 0.2) is 27.4 Å². The normalized spacial score (nSPS) is 12.6. The van der Waals surface area contributed by atoms with Crippen LogP contribution < -0.4 is 15.7 Å². The standard InChI is InChI=1S/C24H33NO6/c1-8-9-10-16-13-19(26)30-21-15(4)18(12-11-17(16)21)29-22(27)20(14(2)3)25-23(28)31-24(5,6)7/h11-14,20H,8-10H2,1-7H3,(H,25,28)/t20-/m0/s1. The SMILES string of the molecule is CCCCc1cc(=O)oc2c(C)c(OC(=O)[C@@H](NC(=O)OC(C)(C)C)C(C)C)ccc12. The summed E-state index contributed by atoms with van der Waals surface area (Å²) >= 11 is 0. The number of aryl methyl sites for hydroxylation is 2. The van der Waals surface area contributed by atoms with Crippen molar-refractivity contribution in [2.75, 3.05) is 0 Å². The number of carbonyl (C=O) groups is 2. The van der Waals surface area contributed by atoms with Crippen LogP contribution in [-0.4, -0.2) is 23.7 Å². The van der Waals surface area contributed by atoms with Crippen LogP contribution in [0.5, 0.6) is 5.75 Å². The summed E-state index contributed by atoms with van der Waals surface area (Å²) in [5, 5.41) is 3.41. The van der Waals surface area contributed by atoms with Gasteiger partial charge in [0.2, 0.25) is 0 Å². The molecule has 0 saturated carbocycles. The first-order chi connectivity index (χ1) is 14.4. The predicted octanol–water partition coefficient (Wildman–Crippen LogP) is 4.90. The van der Waals surface area contributed by atoms with Crippen LogP contribution in [0.2, 0.25) is 0 Å². The number of amides is 1. The Hall–Kier alpha value is -2.83. The van der Waals surface area contributed by atoms with Gasteiger partial charge in [0.25, 0.3) is 0 Å². The molecule has 0 saturated heterocycles. The molecule has 31 heavy (non-hydrogen) atoms. The topological polar surface area (TPSA) is 94.8 Å². The summed E-state index contributed by atoms with van der Waals surface area (Å²) < 4.78 is 16.3. The molecule has 1 heterocycles. The van der Waals surface area contributed by atoms with Gasteiger partial charge in [-0.3, -0.25) is 0 Å². The molecule has 0 aliphatic carbocycles. The second kappa shape index (κ2) is 9.98. The van der Waals surface area contributed by atoms with Gasteiger partial charge < -0.3 is 19.2 Å². The summed E-state index contributed by atoms with van der Waals surface area (Å²) in [6.07, 6.45) is 2.05. The molecule has 7 nitrogen and oxygen atoms in total. The average Bonchev–Trinajstić information content (AvgIpc) is 2.65. The Kier molecular flexibility index (Phi) is 7.87. The summed E-state index contributed by atoms with van der Waals surface area (Å²) in [6.45, 7) is 12.7. The maximum absolute atomic E-state index is 12.8.